The van der Waals surface area contributed by atoms with Crippen molar-refractivity contribution in [2.75, 3.05) is 0 Å². The predicted octanol–water partition coefficient (Wildman–Crippen LogP) is 3.22. The number of halogens is 3. The van der Waals surface area contributed by atoms with Crippen LogP contribution in [0.25, 0.3) is 10.4 Å². The van der Waals surface area contributed by atoms with Gasteiger partial charge in [0.2, 0.25) is 5.78 Å². The number of Topliss-reactive ketones (excluding diaryl/α,β-unsaturated/α-hetero) is 1. The maximum absolute atomic E-state index is 13.2. The fourth-order valence-electron chi connectivity index (χ4n) is 0.992. The molecule has 0 aliphatic heterocycles. The first-order chi connectivity index (χ1) is 6.91. The highest BCUT2D eigenvalue weighted by Gasteiger charge is 2.43. The fraction of sp³-hybridized carbons (Fsp3) is 0.250. The second-order valence-electron chi connectivity index (χ2n) is 2.87. The lowest BCUT2D eigenvalue weighted by Crippen LogP contribution is -2.23. The Hall–Kier alpha value is -1.01. The number of thiophene rings is 1. The molecule has 2 aromatic heterocycles. The standard InChI is InChI=1S/C8H4ClF2NO2S/c1-3(13)8(10,11)7-12-6-4(14-7)2-5(9)15-6/h2H,1H3. The third-order valence-electron chi connectivity index (χ3n) is 1.77. The van der Waals surface area contributed by atoms with E-state index in [-0.39, 0.29) is 10.4 Å². The molecule has 0 unspecified atom stereocenters. The molecule has 7 heteroatoms. The number of ketones is 1. The number of carbonyl (C=O) groups excluding carboxylic acids is 1. The van der Waals surface area contributed by atoms with Gasteiger partial charge in [-0.2, -0.15) is 13.8 Å². The normalized spacial score (nSPS) is 12.3. The second-order valence-corrected chi connectivity index (χ2v) is 4.53. The van der Waals surface area contributed by atoms with E-state index in [0.717, 1.165) is 18.3 Å². The van der Waals surface area contributed by atoms with Gasteiger partial charge in [-0.15, -0.1) is 11.3 Å². The third-order valence-corrected chi connectivity index (χ3v) is 2.91. The molecular formula is C8H4ClF2NO2S. The quantitative estimate of drug-likeness (QED) is 0.823. The first-order valence-electron chi connectivity index (χ1n) is 3.86. The largest absolute Gasteiger partial charge is 0.434 e. The summed E-state index contributed by atoms with van der Waals surface area (Å²) in [5, 5.41) is 0. The summed E-state index contributed by atoms with van der Waals surface area (Å²) in [5.41, 5.74) is 0.168. The van der Waals surface area contributed by atoms with Crippen LogP contribution in [-0.4, -0.2) is 10.8 Å². The number of rotatable bonds is 2. The van der Waals surface area contributed by atoms with Crippen LogP contribution < -0.4 is 0 Å². The Bertz CT molecular complexity index is 502. The molecule has 0 fully saturated rings. The van der Waals surface area contributed by atoms with Gasteiger partial charge in [0.1, 0.15) is 0 Å². The molecule has 2 heterocycles. The van der Waals surface area contributed by atoms with Gasteiger partial charge in [0.05, 0.1) is 4.34 Å². The SMILES string of the molecule is CC(=O)C(F)(F)c1nc2sc(Cl)cc2o1. The molecule has 0 atom stereocenters. The monoisotopic (exact) mass is 251 g/mol. The molecule has 15 heavy (non-hydrogen) atoms. The topological polar surface area (TPSA) is 43.1 Å². The Labute approximate surface area is 91.7 Å². The molecule has 2 aromatic rings. The molecule has 0 aromatic carbocycles. The lowest BCUT2D eigenvalue weighted by atomic mass is 10.2. The summed E-state index contributed by atoms with van der Waals surface area (Å²) < 4.78 is 31.5. The molecule has 0 bridgehead atoms. The van der Waals surface area contributed by atoms with Crippen molar-refractivity contribution in [2.45, 2.75) is 12.8 Å². The number of hydrogen-bond acceptors (Lipinski definition) is 4. The highest BCUT2D eigenvalue weighted by atomic mass is 35.5. The van der Waals surface area contributed by atoms with E-state index in [9.17, 15) is 13.6 Å². The van der Waals surface area contributed by atoms with Crippen molar-refractivity contribution < 1.29 is 18.0 Å². The van der Waals surface area contributed by atoms with Crippen LogP contribution in [0.2, 0.25) is 4.34 Å². The molecule has 0 aliphatic carbocycles. The lowest BCUT2D eigenvalue weighted by Gasteiger charge is -2.06. The Morgan fingerprint density at radius 3 is 2.87 bits per heavy atom. The lowest BCUT2D eigenvalue weighted by molar-refractivity contribution is -0.145. The minimum atomic E-state index is -3.68. The van der Waals surface area contributed by atoms with Gasteiger partial charge in [-0.3, -0.25) is 4.79 Å². The predicted molar refractivity (Wildman–Crippen MR) is 51.5 cm³/mol. The van der Waals surface area contributed by atoms with Crippen LogP contribution in [0.15, 0.2) is 10.5 Å². The zero-order valence-electron chi connectivity index (χ0n) is 7.38. The van der Waals surface area contributed by atoms with Gasteiger partial charge >= 0.3 is 5.92 Å². The number of aromatic nitrogens is 1. The highest BCUT2D eigenvalue weighted by Crippen LogP contribution is 2.35. The molecule has 3 nitrogen and oxygen atoms in total. The second kappa shape index (κ2) is 3.24. The minimum absolute atomic E-state index is 0.168. The zero-order valence-corrected chi connectivity index (χ0v) is 8.96. The summed E-state index contributed by atoms with van der Waals surface area (Å²) in [4.78, 5) is 14.4. The fourth-order valence-corrected chi connectivity index (χ4v) is 1.99. The van der Waals surface area contributed by atoms with Gasteiger partial charge in [0, 0.05) is 13.0 Å². The van der Waals surface area contributed by atoms with Gasteiger partial charge in [-0.05, 0) is 0 Å². The molecule has 2 rings (SSSR count). The van der Waals surface area contributed by atoms with Gasteiger partial charge < -0.3 is 4.42 Å². The van der Waals surface area contributed by atoms with Crippen molar-refractivity contribution in [2.24, 2.45) is 0 Å². The van der Waals surface area contributed by atoms with E-state index >= 15 is 0 Å². The number of oxazole rings is 1. The molecule has 80 valence electrons. The summed E-state index contributed by atoms with van der Waals surface area (Å²) in [6, 6.07) is 1.38. The van der Waals surface area contributed by atoms with Crippen LogP contribution >= 0.6 is 22.9 Å². The molecule has 0 radical (unpaired) electrons. The molecule has 0 spiro atoms. The number of alkyl halides is 2. The Morgan fingerprint density at radius 1 is 1.67 bits per heavy atom. The molecule has 0 saturated heterocycles. The first kappa shape index (κ1) is 10.5. The van der Waals surface area contributed by atoms with Gasteiger partial charge in [0.15, 0.2) is 10.4 Å². The summed E-state index contributed by atoms with van der Waals surface area (Å²) >= 11 is 6.63. The maximum Gasteiger partial charge on any atom is 0.379 e. The third kappa shape index (κ3) is 1.63. The van der Waals surface area contributed by atoms with Crippen LogP contribution in [0.5, 0.6) is 0 Å². The van der Waals surface area contributed by atoms with Crippen molar-refractivity contribution in [3.05, 3.63) is 16.3 Å². The highest BCUT2D eigenvalue weighted by molar-refractivity contribution is 7.22. The number of hydrogen-bond donors (Lipinski definition) is 0. The van der Waals surface area contributed by atoms with Crippen LogP contribution in [0.1, 0.15) is 12.8 Å². The van der Waals surface area contributed by atoms with Crippen LogP contribution in [0.3, 0.4) is 0 Å². The average Bonchev–Trinajstić information content (AvgIpc) is 2.60. The van der Waals surface area contributed by atoms with E-state index in [0.29, 0.717) is 4.34 Å². The summed E-state index contributed by atoms with van der Waals surface area (Å²) in [6.45, 7) is 0.783. The van der Waals surface area contributed by atoms with Crippen molar-refractivity contribution in [3.8, 4) is 0 Å². The van der Waals surface area contributed by atoms with Gasteiger partial charge in [-0.25, -0.2) is 0 Å². The minimum Gasteiger partial charge on any atom is -0.434 e. The molecule has 0 aliphatic rings. The molecule has 0 saturated carbocycles. The first-order valence-corrected chi connectivity index (χ1v) is 5.06. The van der Waals surface area contributed by atoms with Gasteiger partial charge in [-0.1, -0.05) is 11.6 Å². The number of nitrogens with zero attached hydrogens (tertiary/aromatic N) is 1. The Morgan fingerprint density at radius 2 is 2.33 bits per heavy atom. The van der Waals surface area contributed by atoms with Crippen molar-refractivity contribution in [1.82, 2.24) is 4.98 Å². The van der Waals surface area contributed by atoms with Crippen molar-refractivity contribution in [3.63, 3.8) is 0 Å². The smallest absolute Gasteiger partial charge is 0.379 e. The average molecular weight is 252 g/mol. The Balaban J connectivity index is 2.54. The van der Waals surface area contributed by atoms with Crippen LogP contribution in [0, 0.1) is 0 Å². The van der Waals surface area contributed by atoms with E-state index in [4.69, 9.17) is 16.0 Å². The van der Waals surface area contributed by atoms with E-state index in [1.807, 2.05) is 0 Å². The van der Waals surface area contributed by atoms with E-state index in [2.05, 4.69) is 4.98 Å². The summed E-state index contributed by atoms with van der Waals surface area (Å²) in [6.07, 6.45) is 0. The molecular weight excluding hydrogens is 248 g/mol. The van der Waals surface area contributed by atoms with E-state index in [1.54, 1.807) is 0 Å². The molecule has 0 N–H and O–H groups in total. The van der Waals surface area contributed by atoms with E-state index in [1.165, 1.54) is 6.07 Å². The van der Waals surface area contributed by atoms with Crippen molar-refractivity contribution >= 4 is 39.1 Å². The van der Waals surface area contributed by atoms with Crippen molar-refractivity contribution in [1.29, 1.82) is 0 Å². The molecule has 0 amide bonds. The van der Waals surface area contributed by atoms with Gasteiger partial charge in [0.25, 0.3) is 5.89 Å². The summed E-state index contributed by atoms with van der Waals surface area (Å²) in [5.74, 6) is -5.86. The maximum atomic E-state index is 13.2. The van der Waals surface area contributed by atoms with E-state index < -0.39 is 17.6 Å². The van der Waals surface area contributed by atoms with Crippen LogP contribution in [0.4, 0.5) is 8.78 Å². The van der Waals surface area contributed by atoms with Crippen LogP contribution in [-0.2, 0) is 10.7 Å². The number of fused-ring (bicyclic) bond motifs is 1. The Kier molecular flexibility index (Phi) is 2.27. The summed E-state index contributed by atoms with van der Waals surface area (Å²) in [7, 11) is 0. The zero-order chi connectivity index (χ0) is 11.2. The number of carbonyl (C=O) groups is 1.